The molecule has 1 saturated heterocycles. The van der Waals surface area contributed by atoms with Crippen LogP contribution in [-0.4, -0.2) is 59.6 Å². The van der Waals surface area contributed by atoms with Gasteiger partial charge >= 0.3 is 0 Å². The summed E-state index contributed by atoms with van der Waals surface area (Å²) in [7, 11) is 0. The van der Waals surface area contributed by atoms with E-state index in [0.29, 0.717) is 25.8 Å². The maximum atomic E-state index is 12.7. The van der Waals surface area contributed by atoms with Gasteiger partial charge < -0.3 is 21.3 Å². The van der Waals surface area contributed by atoms with Gasteiger partial charge in [-0.1, -0.05) is 30.3 Å². The molecule has 1 aromatic rings. The Morgan fingerprint density at radius 3 is 2.50 bits per heavy atom. The molecule has 1 radical (unpaired) electrons. The number of rotatable bonds is 8. The molecule has 151 valence electrons. The van der Waals surface area contributed by atoms with Crippen molar-refractivity contribution in [3.8, 4) is 0 Å². The van der Waals surface area contributed by atoms with E-state index in [1.807, 2.05) is 36.6 Å². The summed E-state index contributed by atoms with van der Waals surface area (Å²) in [4.78, 5) is 49.8. The number of nitrogens with zero attached hydrogens (tertiary/aromatic N) is 1. The van der Waals surface area contributed by atoms with Crippen molar-refractivity contribution < 1.29 is 19.2 Å². The average Bonchev–Trinajstić information content (AvgIpc) is 3.17. The Morgan fingerprint density at radius 1 is 1.21 bits per heavy atom. The van der Waals surface area contributed by atoms with E-state index in [1.165, 1.54) is 11.8 Å². The van der Waals surface area contributed by atoms with Gasteiger partial charge in [0.25, 0.3) is 0 Å². The smallest absolute Gasteiger partial charge is 0.245 e. The van der Waals surface area contributed by atoms with Crippen LogP contribution in [0.1, 0.15) is 32.3 Å². The minimum Gasteiger partial charge on any atom is -0.344 e. The summed E-state index contributed by atoms with van der Waals surface area (Å²) < 4.78 is 0. The fourth-order valence-electron chi connectivity index (χ4n) is 3.20. The number of hydrogen-bond acceptors (Lipinski definition) is 5. The molecule has 8 nitrogen and oxygen atoms in total. The molecule has 2 rings (SSSR count). The topological polar surface area (TPSA) is 122 Å². The number of carbonyl (C=O) groups is 3. The van der Waals surface area contributed by atoms with Crippen LogP contribution in [0.2, 0.25) is 0 Å². The molecule has 1 heterocycles. The Kier molecular flexibility index (Phi) is 7.69. The molecule has 28 heavy (non-hydrogen) atoms. The number of nitrogens with two attached hydrogens (primary N) is 1. The van der Waals surface area contributed by atoms with Gasteiger partial charge in [0, 0.05) is 13.0 Å². The van der Waals surface area contributed by atoms with Crippen molar-refractivity contribution in [3.05, 3.63) is 35.9 Å². The van der Waals surface area contributed by atoms with E-state index in [0.717, 1.165) is 5.56 Å². The Bertz CT molecular complexity index is 707. The number of benzene rings is 1. The van der Waals surface area contributed by atoms with E-state index in [4.69, 9.17) is 5.73 Å². The maximum absolute atomic E-state index is 12.7. The summed E-state index contributed by atoms with van der Waals surface area (Å²) in [6.45, 7) is 3.51. The van der Waals surface area contributed by atoms with Gasteiger partial charge in [0.1, 0.15) is 12.1 Å². The second-order valence-electron chi connectivity index (χ2n) is 7.08. The first-order valence-electron chi connectivity index (χ1n) is 9.42. The second-order valence-corrected chi connectivity index (χ2v) is 7.08. The fourth-order valence-corrected chi connectivity index (χ4v) is 3.20. The first-order chi connectivity index (χ1) is 13.3. The lowest BCUT2D eigenvalue weighted by atomic mass is 10.1. The Labute approximate surface area is 164 Å². The SMILES string of the molecule is C[C@H](N)C(=O)N[C@@H](C)C(=O)N1CCC[C@H]1C(=O)N[C@H]([C]=O)Cc1ccccc1. The summed E-state index contributed by atoms with van der Waals surface area (Å²) >= 11 is 0. The van der Waals surface area contributed by atoms with Crippen molar-refractivity contribution in [3.63, 3.8) is 0 Å². The normalized spacial score (nSPS) is 19.4. The highest BCUT2D eigenvalue weighted by atomic mass is 16.2. The van der Waals surface area contributed by atoms with Gasteiger partial charge in [0.05, 0.1) is 12.1 Å². The van der Waals surface area contributed by atoms with Crippen LogP contribution in [0.4, 0.5) is 0 Å². The van der Waals surface area contributed by atoms with Crippen molar-refractivity contribution in [2.45, 2.75) is 57.3 Å². The molecule has 0 aromatic heterocycles. The summed E-state index contributed by atoms with van der Waals surface area (Å²) in [6, 6.07) is 6.34. The summed E-state index contributed by atoms with van der Waals surface area (Å²) in [5.41, 5.74) is 6.41. The zero-order valence-corrected chi connectivity index (χ0v) is 16.2. The third-order valence-corrected chi connectivity index (χ3v) is 4.72. The molecule has 3 amide bonds. The quantitative estimate of drug-likeness (QED) is 0.564. The first-order valence-corrected chi connectivity index (χ1v) is 9.42. The molecule has 4 N–H and O–H groups in total. The van der Waals surface area contributed by atoms with Gasteiger partial charge in [0.15, 0.2) is 0 Å². The zero-order chi connectivity index (χ0) is 20.7. The van der Waals surface area contributed by atoms with Crippen molar-refractivity contribution >= 4 is 24.0 Å². The first kappa shape index (κ1) is 21.6. The molecular weight excluding hydrogens is 360 g/mol. The van der Waals surface area contributed by atoms with E-state index in [-0.39, 0.29) is 11.8 Å². The van der Waals surface area contributed by atoms with Gasteiger partial charge in [-0.2, -0.15) is 0 Å². The van der Waals surface area contributed by atoms with Gasteiger partial charge in [0.2, 0.25) is 24.0 Å². The molecule has 0 saturated carbocycles. The lowest BCUT2D eigenvalue weighted by Crippen LogP contribution is -2.55. The molecule has 8 heteroatoms. The number of likely N-dealkylation sites (tertiary alicyclic amines) is 1. The average molecular weight is 387 g/mol. The lowest BCUT2D eigenvalue weighted by molar-refractivity contribution is -0.141. The number of carbonyl (C=O) groups excluding carboxylic acids is 4. The standard InChI is InChI=1S/C20H27N4O4/c1-13(21)18(26)22-14(2)20(28)24-10-6-9-17(24)19(27)23-16(12-25)11-15-7-4-3-5-8-15/h3-5,7-8,13-14,16-17H,6,9-11,21H2,1-2H3,(H,22,26)(H,23,27)/t13-,14-,16-,17-/m0/s1. The molecule has 0 aliphatic carbocycles. The van der Waals surface area contributed by atoms with Crippen LogP contribution in [0, 0.1) is 0 Å². The monoisotopic (exact) mass is 387 g/mol. The van der Waals surface area contributed by atoms with Crippen LogP contribution in [0.15, 0.2) is 30.3 Å². The molecule has 0 bridgehead atoms. The number of nitrogens with one attached hydrogen (secondary N) is 2. The molecule has 1 aliphatic heterocycles. The van der Waals surface area contributed by atoms with Crippen molar-refractivity contribution in [2.24, 2.45) is 5.73 Å². The van der Waals surface area contributed by atoms with Gasteiger partial charge in [-0.25, -0.2) is 0 Å². The van der Waals surface area contributed by atoms with Gasteiger partial charge in [-0.05, 0) is 32.3 Å². The highest BCUT2D eigenvalue weighted by molar-refractivity contribution is 5.93. The van der Waals surface area contributed by atoms with Crippen LogP contribution in [-0.2, 0) is 25.6 Å². The second kappa shape index (κ2) is 9.98. The third-order valence-electron chi connectivity index (χ3n) is 4.72. The van der Waals surface area contributed by atoms with E-state index >= 15 is 0 Å². The molecule has 4 atom stereocenters. The van der Waals surface area contributed by atoms with Gasteiger partial charge in [-0.3, -0.25) is 19.2 Å². The van der Waals surface area contributed by atoms with Crippen LogP contribution in [0.25, 0.3) is 0 Å². The molecule has 1 aliphatic rings. The van der Waals surface area contributed by atoms with Gasteiger partial charge in [-0.15, -0.1) is 0 Å². The van der Waals surface area contributed by atoms with Crippen LogP contribution in [0.3, 0.4) is 0 Å². The van der Waals surface area contributed by atoms with E-state index < -0.39 is 30.1 Å². The number of amides is 3. The van der Waals surface area contributed by atoms with Crippen molar-refractivity contribution in [1.29, 1.82) is 0 Å². The Balaban J connectivity index is 1.98. The zero-order valence-electron chi connectivity index (χ0n) is 16.2. The fraction of sp³-hybridized carbons (Fsp3) is 0.500. The minimum absolute atomic E-state index is 0.331. The third kappa shape index (κ3) is 5.63. The van der Waals surface area contributed by atoms with Crippen LogP contribution < -0.4 is 16.4 Å². The van der Waals surface area contributed by atoms with Crippen LogP contribution in [0.5, 0.6) is 0 Å². The lowest BCUT2D eigenvalue weighted by Gasteiger charge is -2.28. The summed E-state index contributed by atoms with van der Waals surface area (Å²) in [5, 5.41) is 5.23. The van der Waals surface area contributed by atoms with E-state index in [1.54, 1.807) is 6.92 Å². The van der Waals surface area contributed by atoms with Crippen molar-refractivity contribution in [2.75, 3.05) is 6.54 Å². The van der Waals surface area contributed by atoms with E-state index in [2.05, 4.69) is 10.6 Å². The highest BCUT2D eigenvalue weighted by Crippen LogP contribution is 2.19. The molecule has 0 spiro atoms. The molecular formula is C20H27N4O4. The molecule has 1 fully saturated rings. The molecule has 1 aromatic carbocycles. The predicted octanol–water partition coefficient (Wildman–Crippen LogP) is -0.333. The maximum Gasteiger partial charge on any atom is 0.245 e. The minimum atomic E-state index is -0.789. The Morgan fingerprint density at radius 2 is 1.89 bits per heavy atom. The van der Waals surface area contributed by atoms with Crippen molar-refractivity contribution in [1.82, 2.24) is 15.5 Å². The Hall–Kier alpha value is -2.74. The number of hydrogen-bond donors (Lipinski definition) is 3. The van der Waals surface area contributed by atoms with E-state index in [9.17, 15) is 19.2 Å². The highest BCUT2D eigenvalue weighted by Gasteiger charge is 2.37. The predicted molar refractivity (Wildman–Crippen MR) is 104 cm³/mol. The summed E-state index contributed by atoms with van der Waals surface area (Å²) in [6.07, 6.45) is 3.36. The molecule has 0 unspecified atom stereocenters. The largest absolute Gasteiger partial charge is 0.344 e. The summed E-state index contributed by atoms with van der Waals surface area (Å²) in [5.74, 6) is -1.17. The van der Waals surface area contributed by atoms with Crippen LogP contribution >= 0.6 is 0 Å².